The Morgan fingerprint density at radius 2 is 2.23 bits per heavy atom. The lowest BCUT2D eigenvalue weighted by atomic mass is 10.1. The van der Waals surface area contributed by atoms with E-state index in [4.69, 9.17) is 9.15 Å². The fourth-order valence-corrected chi connectivity index (χ4v) is 4.04. The van der Waals surface area contributed by atoms with E-state index in [-0.39, 0.29) is 11.0 Å². The SMILES string of the molecule is O=c1[nH]c2cc(S(=O)(=O)Nc3cnn(C[C@H]4CCCCO4)c3)ccc2o1. The highest BCUT2D eigenvalue weighted by Gasteiger charge is 2.18. The van der Waals surface area contributed by atoms with Crippen molar-refractivity contribution in [3.8, 4) is 0 Å². The Labute approximate surface area is 149 Å². The molecular formula is C16H18N4O5S. The lowest BCUT2D eigenvalue weighted by Crippen LogP contribution is -2.24. The molecule has 0 spiro atoms. The summed E-state index contributed by atoms with van der Waals surface area (Å²) in [6.45, 7) is 1.34. The number of nitrogens with one attached hydrogen (secondary N) is 2. The van der Waals surface area contributed by atoms with E-state index in [0.29, 0.717) is 23.3 Å². The number of oxazole rings is 1. The topological polar surface area (TPSA) is 119 Å². The molecule has 1 aliphatic rings. The van der Waals surface area contributed by atoms with Crippen LogP contribution in [0.5, 0.6) is 0 Å². The molecule has 4 rings (SSSR count). The number of aromatic nitrogens is 3. The van der Waals surface area contributed by atoms with Gasteiger partial charge in [0.15, 0.2) is 5.58 Å². The van der Waals surface area contributed by atoms with Crippen molar-refractivity contribution in [1.82, 2.24) is 14.8 Å². The molecule has 1 fully saturated rings. The van der Waals surface area contributed by atoms with E-state index >= 15 is 0 Å². The molecule has 1 aliphatic heterocycles. The van der Waals surface area contributed by atoms with Crippen molar-refractivity contribution in [3.05, 3.63) is 41.1 Å². The van der Waals surface area contributed by atoms with Crippen LogP contribution in [0.2, 0.25) is 0 Å². The van der Waals surface area contributed by atoms with Crippen molar-refractivity contribution in [2.45, 2.75) is 36.8 Å². The van der Waals surface area contributed by atoms with Crippen LogP contribution in [0.3, 0.4) is 0 Å². The molecule has 0 unspecified atom stereocenters. The Bertz CT molecular complexity index is 1080. The van der Waals surface area contributed by atoms with E-state index in [9.17, 15) is 13.2 Å². The smallest absolute Gasteiger partial charge is 0.408 e. The first kappa shape index (κ1) is 16.9. The van der Waals surface area contributed by atoms with E-state index in [0.717, 1.165) is 25.9 Å². The van der Waals surface area contributed by atoms with Gasteiger partial charge in [-0.1, -0.05) is 0 Å². The molecule has 1 aromatic carbocycles. The number of H-pyrrole nitrogens is 1. The second-order valence-electron chi connectivity index (χ2n) is 6.22. The van der Waals surface area contributed by atoms with Gasteiger partial charge in [-0.3, -0.25) is 14.4 Å². The summed E-state index contributed by atoms with van der Waals surface area (Å²) in [7, 11) is -3.81. The van der Waals surface area contributed by atoms with Gasteiger partial charge in [-0.05, 0) is 37.5 Å². The minimum absolute atomic E-state index is 0.0189. The molecule has 3 aromatic rings. The van der Waals surface area contributed by atoms with Crippen LogP contribution in [0.25, 0.3) is 11.1 Å². The van der Waals surface area contributed by atoms with Crippen LogP contribution in [-0.2, 0) is 21.3 Å². The number of sulfonamides is 1. The normalized spacial score (nSPS) is 18.2. The molecule has 0 amide bonds. The Morgan fingerprint density at radius 3 is 3.04 bits per heavy atom. The first-order valence-corrected chi connectivity index (χ1v) is 9.78. The number of nitrogens with zero attached hydrogens (tertiary/aromatic N) is 2. The van der Waals surface area contributed by atoms with Gasteiger partial charge < -0.3 is 9.15 Å². The van der Waals surface area contributed by atoms with Crippen LogP contribution < -0.4 is 10.5 Å². The van der Waals surface area contributed by atoms with E-state index in [1.54, 1.807) is 10.9 Å². The van der Waals surface area contributed by atoms with Crippen LogP contribution in [0.1, 0.15) is 19.3 Å². The van der Waals surface area contributed by atoms with Gasteiger partial charge in [0, 0.05) is 12.8 Å². The van der Waals surface area contributed by atoms with E-state index in [1.807, 2.05) is 0 Å². The largest absolute Gasteiger partial charge is 0.417 e. The predicted octanol–water partition coefficient (Wildman–Crippen LogP) is 1.69. The van der Waals surface area contributed by atoms with Crippen molar-refractivity contribution in [2.24, 2.45) is 0 Å². The first-order chi connectivity index (χ1) is 12.5. The van der Waals surface area contributed by atoms with Crippen LogP contribution in [0.4, 0.5) is 5.69 Å². The van der Waals surface area contributed by atoms with Gasteiger partial charge in [-0.2, -0.15) is 5.10 Å². The second kappa shape index (κ2) is 6.61. The molecule has 0 radical (unpaired) electrons. The molecule has 26 heavy (non-hydrogen) atoms. The predicted molar refractivity (Wildman–Crippen MR) is 93.5 cm³/mol. The van der Waals surface area contributed by atoms with Gasteiger partial charge in [0.05, 0.1) is 34.9 Å². The monoisotopic (exact) mass is 378 g/mol. The summed E-state index contributed by atoms with van der Waals surface area (Å²) in [5.74, 6) is -0.631. The molecular weight excluding hydrogens is 360 g/mol. The lowest BCUT2D eigenvalue weighted by molar-refractivity contribution is 0.00401. The van der Waals surface area contributed by atoms with Gasteiger partial charge in [-0.25, -0.2) is 13.2 Å². The van der Waals surface area contributed by atoms with E-state index < -0.39 is 15.8 Å². The lowest BCUT2D eigenvalue weighted by Gasteiger charge is -2.22. The third-order valence-electron chi connectivity index (χ3n) is 4.25. The zero-order valence-electron chi connectivity index (χ0n) is 13.8. The minimum Gasteiger partial charge on any atom is -0.408 e. The van der Waals surface area contributed by atoms with E-state index in [2.05, 4.69) is 14.8 Å². The average molecular weight is 378 g/mol. The van der Waals surface area contributed by atoms with Gasteiger partial charge in [0.25, 0.3) is 10.0 Å². The van der Waals surface area contributed by atoms with Crippen LogP contribution in [-0.4, -0.2) is 35.9 Å². The number of ether oxygens (including phenoxy) is 1. The Hall–Kier alpha value is -2.59. The summed E-state index contributed by atoms with van der Waals surface area (Å²) >= 11 is 0. The summed E-state index contributed by atoms with van der Waals surface area (Å²) in [5, 5.41) is 4.19. The maximum Gasteiger partial charge on any atom is 0.417 e. The Balaban J connectivity index is 1.50. The maximum atomic E-state index is 12.6. The summed E-state index contributed by atoms with van der Waals surface area (Å²) < 4.78 is 39.8. The van der Waals surface area contributed by atoms with Crippen molar-refractivity contribution in [1.29, 1.82) is 0 Å². The molecule has 0 aliphatic carbocycles. The summed E-state index contributed by atoms with van der Waals surface area (Å²) in [6, 6.07) is 4.16. The van der Waals surface area contributed by atoms with Crippen molar-refractivity contribution in [2.75, 3.05) is 11.3 Å². The third-order valence-corrected chi connectivity index (χ3v) is 5.63. The molecule has 1 atom stereocenters. The average Bonchev–Trinajstić information content (AvgIpc) is 3.19. The van der Waals surface area contributed by atoms with Crippen molar-refractivity contribution in [3.63, 3.8) is 0 Å². The fraction of sp³-hybridized carbons (Fsp3) is 0.375. The molecule has 10 heteroatoms. The zero-order valence-corrected chi connectivity index (χ0v) is 14.7. The highest BCUT2D eigenvalue weighted by Crippen LogP contribution is 2.20. The van der Waals surface area contributed by atoms with Gasteiger partial charge in [-0.15, -0.1) is 0 Å². The summed E-state index contributed by atoms with van der Waals surface area (Å²) in [4.78, 5) is 13.7. The van der Waals surface area contributed by atoms with Crippen LogP contribution >= 0.6 is 0 Å². The number of anilines is 1. The molecule has 3 heterocycles. The number of fused-ring (bicyclic) bond motifs is 1. The fourth-order valence-electron chi connectivity index (χ4n) is 2.99. The molecule has 0 bridgehead atoms. The Morgan fingerprint density at radius 1 is 1.35 bits per heavy atom. The van der Waals surface area contributed by atoms with Crippen molar-refractivity contribution >= 4 is 26.8 Å². The first-order valence-electron chi connectivity index (χ1n) is 8.29. The molecule has 2 N–H and O–H groups in total. The number of benzene rings is 1. The third kappa shape index (κ3) is 3.51. The van der Waals surface area contributed by atoms with Gasteiger partial charge >= 0.3 is 5.76 Å². The highest BCUT2D eigenvalue weighted by atomic mass is 32.2. The van der Waals surface area contributed by atoms with Gasteiger partial charge in [0.1, 0.15) is 0 Å². The molecule has 0 saturated carbocycles. The zero-order chi connectivity index (χ0) is 18.1. The van der Waals surface area contributed by atoms with Crippen LogP contribution in [0, 0.1) is 0 Å². The molecule has 138 valence electrons. The minimum atomic E-state index is -3.81. The molecule has 1 saturated heterocycles. The summed E-state index contributed by atoms with van der Waals surface area (Å²) in [5.41, 5.74) is 0.985. The Kier molecular flexibility index (Phi) is 4.29. The molecule has 9 nitrogen and oxygen atoms in total. The van der Waals surface area contributed by atoms with Gasteiger partial charge in [0.2, 0.25) is 0 Å². The quantitative estimate of drug-likeness (QED) is 0.697. The summed E-state index contributed by atoms with van der Waals surface area (Å²) in [6.07, 6.45) is 6.38. The second-order valence-corrected chi connectivity index (χ2v) is 7.90. The molecule has 2 aromatic heterocycles. The highest BCUT2D eigenvalue weighted by molar-refractivity contribution is 7.92. The number of aromatic amines is 1. The van der Waals surface area contributed by atoms with Crippen molar-refractivity contribution < 1.29 is 17.6 Å². The van der Waals surface area contributed by atoms with Crippen LogP contribution in [0.15, 0.2) is 44.7 Å². The number of hydrogen-bond donors (Lipinski definition) is 2. The number of hydrogen-bond acceptors (Lipinski definition) is 6. The maximum absolute atomic E-state index is 12.6. The standard InChI is InChI=1S/C16H18N4O5S/c21-16-18-14-7-13(4-5-15(14)25-16)26(22,23)19-11-8-17-20(9-11)10-12-3-1-2-6-24-12/h4-5,7-9,12,19H,1-3,6,10H2,(H,18,21)/t12-/m1/s1. The number of rotatable bonds is 5. The van der Waals surface area contributed by atoms with E-state index in [1.165, 1.54) is 24.4 Å².